The molecule has 0 amide bonds. The van der Waals surface area contributed by atoms with E-state index in [1.165, 1.54) is 5.56 Å². The topological polar surface area (TPSA) is 25.8 Å². The van der Waals surface area contributed by atoms with Crippen molar-refractivity contribution < 1.29 is 0 Å². The van der Waals surface area contributed by atoms with Gasteiger partial charge in [0.15, 0.2) is 0 Å². The Balaban J connectivity index is 2.71. The van der Waals surface area contributed by atoms with E-state index in [2.05, 4.69) is 29.0 Å². The molecule has 2 heteroatoms. The minimum absolute atomic E-state index is 0.954. The number of nitrogens with zero attached hydrogens (tertiary/aromatic N) is 2. The van der Waals surface area contributed by atoms with Crippen LogP contribution in [0.25, 0.3) is 17.1 Å². The van der Waals surface area contributed by atoms with Gasteiger partial charge in [-0.3, -0.25) is 0 Å². The van der Waals surface area contributed by atoms with Crippen molar-refractivity contribution in [3.63, 3.8) is 0 Å². The Labute approximate surface area is 89.7 Å². The molecule has 1 aromatic heterocycles. The van der Waals surface area contributed by atoms with Crippen LogP contribution in [0.3, 0.4) is 0 Å². The van der Waals surface area contributed by atoms with Crippen LogP contribution in [0.2, 0.25) is 0 Å². The Bertz CT molecular complexity index is 527. The summed E-state index contributed by atoms with van der Waals surface area (Å²) in [7, 11) is 0. The lowest BCUT2D eigenvalue weighted by Gasteiger charge is -2.03. The summed E-state index contributed by atoms with van der Waals surface area (Å²) in [6, 6.07) is 6.14. The Morgan fingerprint density at radius 1 is 1.07 bits per heavy atom. The molecule has 1 heterocycles. The van der Waals surface area contributed by atoms with Crippen LogP contribution in [-0.4, -0.2) is 9.97 Å². The van der Waals surface area contributed by atoms with E-state index in [0.29, 0.717) is 0 Å². The maximum atomic E-state index is 4.58. The van der Waals surface area contributed by atoms with Gasteiger partial charge in [0, 0.05) is 0 Å². The molecular weight excluding hydrogens is 184 g/mol. The van der Waals surface area contributed by atoms with Gasteiger partial charge in [-0.05, 0) is 44.5 Å². The molecule has 76 valence electrons. The van der Waals surface area contributed by atoms with E-state index in [9.17, 15) is 0 Å². The minimum atomic E-state index is 0.954. The number of allylic oxidation sites excluding steroid dienone is 1. The van der Waals surface area contributed by atoms with Gasteiger partial charge in [-0.2, -0.15) is 0 Å². The van der Waals surface area contributed by atoms with E-state index in [1.54, 1.807) is 0 Å². The fourth-order valence-electron chi connectivity index (χ4n) is 1.58. The first-order valence-electron chi connectivity index (χ1n) is 5.08. The van der Waals surface area contributed by atoms with Crippen molar-refractivity contribution in [2.45, 2.75) is 20.8 Å². The average Bonchev–Trinajstić information content (AvgIpc) is 2.20. The molecule has 2 aromatic rings. The number of hydrogen-bond acceptors (Lipinski definition) is 2. The van der Waals surface area contributed by atoms with E-state index in [4.69, 9.17) is 0 Å². The van der Waals surface area contributed by atoms with Crippen LogP contribution >= 0.6 is 0 Å². The van der Waals surface area contributed by atoms with E-state index < -0.39 is 0 Å². The van der Waals surface area contributed by atoms with Crippen LogP contribution < -0.4 is 0 Å². The lowest BCUT2D eigenvalue weighted by atomic mass is 10.2. The van der Waals surface area contributed by atoms with Crippen LogP contribution in [0, 0.1) is 13.8 Å². The lowest BCUT2D eigenvalue weighted by molar-refractivity contribution is 1.16. The van der Waals surface area contributed by atoms with E-state index in [0.717, 1.165) is 22.4 Å². The molecule has 2 nitrogen and oxygen atoms in total. The van der Waals surface area contributed by atoms with Gasteiger partial charge in [-0.15, -0.1) is 0 Å². The molecular formula is C13H14N2. The molecule has 0 aliphatic heterocycles. The van der Waals surface area contributed by atoms with Gasteiger partial charge in [-0.1, -0.05) is 12.1 Å². The first-order chi connectivity index (χ1) is 7.20. The second kappa shape index (κ2) is 3.81. The van der Waals surface area contributed by atoms with Gasteiger partial charge < -0.3 is 0 Å². The summed E-state index contributed by atoms with van der Waals surface area (Å²) in [4.78, 5) is 9.10. The van der Waals surface area contributed by atoms with Crippen LogP contribution in [0.4, 0.5) is 0 Å². The van der Waals surface area contributed by atoms with Crippen molar-refractivity contribution in [1.29, 1.82) is 0 Å². The molecule has 0 spiro atoms. The van der Waals surface area contributed by atoms with Crippen LogP contribution in [0.5, 0.6) is 0 Å². The fourth-order valence-corrected chi connectivity index (χ4v) is 1.58. The largest absolute Gasteiger partial charge is 0.249 e. The molecule has 0 aliphatic rings. The summed E-state index contributed by atoms with van der Waals surface area (Å²) >= 11 is 0. The SMILES string of the molecule is C/C=C/c1nc2cc(C)ccc2nc1C. The third-order valence-electron chi connectivity index (χ3n) is 2.36. The molecule has 0 fully saturated rings. The molecule has 1 aromatic carbocycles. The first-order valence-corrected chi connectivity index (χ1v) is 5.08. The summed E-state index contributed by atoms with van der Waals surface area (Å²) in [5.74, 6) is 0. The predicted octanol–water partition coefficient (Wildman–Crippen LogP) is 3.28. The Morgan fingerprint density at radius 3 is 2.60 bits per heavy atom. The number of benzene rings is 1. The highest BCUT2D eigenvalue weighted by molar-refractivity contribution is 5.76. The Hall–Kier alpha value is -1.70. The number of hydrogen-bond donors (Lipinski definition) is 0. The zero-order chi connectivity index (χ0) is 10.8. The van der Waals surface area contributed by atoms with E-state index in [-0.39, 0.29) is 0 Å². The van der Waals surface area contributed by atoms with Gasteiger partial charge in [0.2, 0.25) is 0 Å². The molecule has 0 N–H and O–H groups in total. The molecule has 0 radical (unpaired) electrons. The lowest BCUT2D eigenvalue weighted by Crippen LogP contribution is -1.93. The van der Waals surface area contributed by atoms with Crippen molar-refractivity contribution in [3.05, 3.63) is 41.2 Å². The van der Waals surface area contributed by atoms with Gasteiger partial charge in [0.25, 0.3) is 0 Å². The van der Waals surface area contributed by atoms with Crippen molar-refractivity contribution in [2.75, 3.05) is 0 Å². The van der Waals surface area contributed by atoms with Crippen molar-refractivity contribution in [3.8, 4) is 0 Å². The fraction of sp³-hybridized carbons (Fsp3) is 0.231. The molecule has 0 unspecified atom stereocenters. The highest BCUT2D eigenvalue weighted by atomic mass is 14.8. The molecule has 0 atom stereocenters. The predicted molar refractivity (Wildman–Crippen MR) is 63.7 cm³/mol. The average molecular weight is 198 g/mol. The maximum absolute atomic E-state index is 4.58. The zero-order valence-electron chi connectivity index (χ0n) is 9.28. The summed E-state index contributed by atoms with van der Waals surface area (Å²) in [5, 5.41) is 0. The third kappa shape index (κ3) is 1.89. The summed E-state index contributed by atoms with van der Waals surface area (Å²) in [6.07, 6.45) is 3.97. The second-order valence-corrected chi connectivity index (χ2v) is 3.69. The smallest absolute Gasteiger partial charge is 0.0896 e. The Kier molecular flexibility index (Phi) is 2.50. The monoisotopic (exact) mass is 198 g/mol. The van der Waals surface area contributed by atoms with Gasteiger partial charge in [0.1, 0.15) is 0 Å². The highest BCUT2D eigenvalue weighted by Crippen LogP contribution is 2.15. The van der Waals surface area contributed by atoms with Crippen molar-refractivity contribution in [1.82, 2.24) is 9.97 Å². The number of aromatic nitrogens is 2. The van der Waals surface area contributed by atoms with E-state index in [1.807, 2.05) is 32.1 Å². The summed E-state index contributed by atoms with van der Waals surface area (Å²) in [6.45, 7) is 6.04. The number of fused-ring (bicyclic) bond motifs is 1. The van der Waals surface area contributed by atoms with Crippen molar-refractivity contribution in [2.24, 2.45) is 0 Å². The molecule has 2 rings (SSSR count). The van der Waals surface area contributed by atoms with Crippen molar-refractivity contribution >= 4 is 17.1 Å². The van der Waals surface area contributed by atoms with Crippen LogP contribution in [0.15, 0.2) is 24.3 Å². The van der Waals surface area contributed by atoms with Crippen LogP contribution in [-0.2, 0) is 0 Å². The molecule has 0 aliphatic carbocycles. The van der Waals surface area contributed by atoms with Gasteiger partial charge in [-0.25, -0.2) is 9.97 Å². The third-order valence-corrected chi connectivity index (χ3v) is 2.36. The molecule has 0 saturated carbocycles. The Morgan fingerprint density at radius 2 is 1.87 bits per heavy atom. The first kappa shape index (κ1) is 9.84. The van der Waals surface area contributed by atoms with Gasteiger partial charge in [0.05, 0.1) is 22.4 Å². The minimum Gasteiger partial charge on any atom is -0.249 e. The van der Waals surface area contributed by atoms with Gasteiger partial charge >= 0.3 is 0 Å². The normalized spacial score (nSPS) is 11.4. The van der Waals surface area contributed by atoms with Crippen LogP contribution in [0.1, 0.15) is 23.9 Å². The standard InChI is InChI=1S/C13H14N2/c1-4-5-11-10(3)14-12-7-6-9(2)8-13(12)15-11/h4-8H,1-3H3/b5-4+. The second-order valence-electron chi connectivity index (χ2n) is 3.69. The molecule has 0 saturated heterocycles. The molecule has 15 heavy (non-hydrogen) atoms. The highest BCUT2D eigenvalue weighted by Gasteiger charge is 2.01. The van der Waals surface area contributed by atoms with E-state index >= 15 is 0 Å². The molecule has 0 bridgehead atoms. The zero-order valence-corrected chi connectivity index (χ0v) is 9.28. The maximum Gasteiger partial charge on any atom is 0.0896 e. The number of aryl methyl sites for hydroxylation is 2. The number of rotatable bonds is 1. The summed E-state index contributed by atoms with van der Waals surface area (Å²) < 4.78 is 0. The quantitative estimate of drug-likeness (QED) is 0.702. The summed E-state index contributed by atoms with van der Waals surface area (Å²) in [5.41, 5.74) is 5.08.